The summed E-state index contributed by atoms with van der Waals surface area (Å²) in [5.41, 5.74) is 1.22. The van der Waals surface area contributed by atoms with Crippen molar-refractivity contribution in [2.24, 2.45) is 0 Å². The van der Waals surface area contributed by atoms with Gasteiger partial charge in [-0.2, -0.15) is 0 Å². The summed E-state index contributed by atoms with van der Waals surface area (Å²) in [6.07, 6.45) is 0. The van der Waals surface area contributed by atoms with Gasteiger partial charge in [0.2, 0.25) is 0 Å². The highest BCUT2D eigenvalue weighted by atomic mass is 32.1. The molecule has 1 N–H and O–H groups in total. The van der Waals surface area contributed by atoms with Crippen molar-refractivity contribution in [3.8, 4) is 0 Å². The van der Waals surface area contributed by atoms with E-state index >= 15 is 0 Å². The normalized spacial score (nSPS) is 10.6. The van der Waals surface area contributed by atoms with Crippen molar-refractivity contribution < 1.29 is 4.74 Å². The maximum Gasteiger partial charge on any atom is 0.0814 e. The average Bonchev–Trinajstić information content (AvgIpc) is 2.79. The quantitative estimate of drug-likeness (QED) is 0.846. The molecule has 2 rings (SSSR count). The number of hydrogen-bond acceptors (Lipinski definition) is 3. The molecule has 0 atom stereocenters. The van der Waals surface area contributed by atoms with Crippen LogP contribution >= 0.6 is 11.3 Å². The van der Waals surface area contributed by atoms with Crippen molar-refractivity contribution in [3.63, 3.8) is 0 Å². The Labute approximate surface area is 106 Å². The highest BCUT2D eigenvalue weighted by Gasteiger charge is 1.99. The third-order valence-electron chi connectivity index (χ3n) is 2.42. The first-order chi connectivity index (χ1) is 8.38. The minimum Gasteiger partial charge on any atom is -0.371 e. The smallest absolute Gasteiger partial charge is 0.0814 e. The van der Waals surface area contributed by atoms with E-state index in [1.807, 2.05) is 25.2 Å². The second-order valence-electron chi connectivity index (χ2n) is 3.88. The number of rotatable bonds is 6. The average molecular weight is 247 g/mol. The Morgan fingerprint density at radius 3 is 2.53 bits per heavy atom. The zero-order chi connectivity index (χ0) is 11.9. The van der Waals surface area contributed by atoms with Gasteiger partial charge in [-0.15, -0.1) is 11.3 Å². The lowest BCUT2D eigenvalue weighted by Gasteiger charge is -2.02. The van der Waals surface area contributed by atoms with E-state index in [4.69, 9.17) is 4.74 Å². The van der Waals surface area contributed by atoms with Crippen molar-refractivity contribution in [2.75, 3.05) is 7.05 Å². The third-order valence-corrected chi connectivity index (χ3v) is 3.48. The van der Waals surface area contributed by atoms with E-state index in [0.717, 1.165) is 6.54 Å². The number of benzene rings is 1. The Morgan fingerprint density at radius 1 is 1.00 bits per heavy atom. The molecule has 1 aromatic heterocycles. The molecule has 17 heavy (non-hydrogen) atoms. The lowest BCUT2D eigenvalue weighted by atomic mass is 10.2. The van der Waals surface area contributed by atoms with Gasteiger partial charge in [-0.25, -0.2) is 0 Å². The molecule has 1 aromatic carbocycles. The molecule has 0 aliphatic carbocycles. The Bertz CT molecular complexity index is 438. The van der Waals surface area contributed by atoms with Crippen LogP contribution in [0.3, 0.4) is 0 Å². The predicted octanol–water partition coefficient (Wildman–Crippen LogP) is 3.18. The Balaban J connectivity index is 1.78. The minimum absolute atomic E-state index is 0.681. The van der Waals surface area contributed by atoms with Crippen molar-refractivity contribution in [2.45, 2.75) is 19.8 Å². The molecule has 1 heterocycles. The molecule has 0 amide bonds. The van der Waals surface area contributed by atoms with Gasteiger partial charge in [0.25, 0.3) is 0 Å². The molecule has 90 valence electrons. The summed E-state index contributed by atoms with van der Waals surface area (Å²) >= 11 is 1.81. The van der Waals surface area contributed by atoms with E-state index in [1.165, 1.54) is 15.3 Å². The van der Waals surface area contributed by atoms with Gasteiger partial charge in [0.15, 0.2) is 0 Å². The summed E-state index contributed by atoms with van der Waals surface area (Å²) in [6, 6.07) is 14.6. The van der Waals surface area contributed by atoms with Gasteiger partial charge in [0.1, 0.15) is 0 Å². The van der Waals surface area contributed by atoms with Crippen LogP contribution in [0.25, 0.3) is 0 Å². The lowest BCUT2D eigenvalue weighted by Crippen LogP contribution is -2.02. The summed E-state index contributed by atoms with van der Waals surface area (Å²) in [7, 11) is 1.96. The molecule has 0 bridgehead atoms. The van der Waals surface area contributed by atoms with Crippen molar-refractivity contribution in [1.82, 2.24) is 5.32 Å². The van der Waals surface area contributed by atoms with Crippen LogP contribution in [0.1, 0.15) is 15.3 Å². The van der Waals surface area contributed by atoms with Gasteiger partial charge >= 0.3 is 0 Å². The Morgan fingerprint density at radius 2 is 1.76 bits per heavy atom. The van der Waals surface area contributed by atoms with Gasteiger partial charge in [-0.1, -0.05) is 30.3 Å². The van der Waals surface area contributed by atoms with E-state index in [0.29, 0.717) is 13.2 Å². The summed E-state index contributed by atoms with van der Waals surface area (Å²) in [5.74, 6) is 0. The fourth-order valence-electron chi connectivity index (χ4n) is 1.61. The zero-order valence-electron chi connectivity index (χ0n) is 9.98. The summed E-state index contributed by atoms with van der Waals surface area (Å²) in [4.78, 5) is 2.64. The number of nitrogens with one attached hydrogen (secondary N) is 1. The third kappa shape index (κ3) is 3.97. The van der Waals surface area contributed by atoms with Crippen LogP contribution in [0.4, 0.5) is 0 Å². The van der Waals surface area contributed by atoms with E-state index in [2.05, 4.69) is 29.6 Å². The molecule has 0 fully saturated rings. The molecular weight excluding hydrogens is 230 g/mol. The SMILES string of the molecule is CNCc1ccc(COCc2ccccc2)s1. The maximum absolute atomic E-state index is 5.69. The monoisotopic (exact) mass is 247 g/mol. The van der Waals surface area contributed by atoms with Crippen molar-refractivity contribution >= 4 is 11.3 Å². The highest BCUT2D eigenvalue weighted by molar-refractivity contribution is 7.11. The Hall–Kier alpha value is -1.16. The second kappa shape index (κ2) is 6.55. The molecule has 0 radical (unpaired) electrons. The zero-order valence-corrected chi connectivity index (χ0v) is 10.8. The standard InChI is InChI=1S/C14H17NOS/c1-15-9-13-7-8-14(17-13)11-16-10-12-5-3-2-4-6-12/h2-8,15H,9-11H2,1H3. The molecule has 2 nitrogen and oxygen atoms in total. The second-order valence-corrected chi connectivity index (χ2v) is 5.13. The van der Waals surface area contributed by atoms with Crippen molar-refractivity contribution in [1.29, 1.82) is 0 Å². The van der Waals surface area contributed by atoms with Crippen LogP contribution in [0.5, 0.6) is 0 Å². The van der Waals surface area contributed by atoms with Gasteiger partial charge < -0.3 is 10.1 Å². The summed E-state index contributed by atoms with van der Waals surface area (Å²) in [5, 5.41) is 3.15. The molecule has 0 spiro atoms. The van der Waals surface area contributed by atoms with Crippen LogP contribution in [0, 0.1) is 0 Å². The van der Waals surface area contributed by atoms with Crippen LogP contribution < -0.4 is 5.32 Å². The number of ether oxygens (including phenoxy) is 1. The Kier molecular flexibility index (Phi) is 4.74. The van der Waals surface area contributed by atoms with Gasteiger partial charge in [0, 0.05) is 16.3 Å². The van der Waals surface area contributed by atoms with Gasteiger partial charge in [0.05, 0.1) is 13.2 Å². The summed E-state index contributed by atoms with van der Waals surface area (Å²) < 4.78 is 5.69. The molecule has 3 heteroatoms. The van der Waals surface area contributed by atoms with Crippen LogP contribution in [-0.4, -0.2) is 7.05 Å². The lowest BCUT2D eigenvalue weighted by molar-refractivity contribution is 0.109. The molecule has 0 saturated carbocycles. The topological polar surface area (TPSA) is 21.3 Å². The fourth-order valence-corrected chi connectivity index (χ4v) is 2.58. The van der Waals surface area contributed by atoms with E-state index < -0.39 is 0 Å². The summed E-state index contributed by atoms with van der Waals surface area (Å²) in [6.45, 7) is 2.31. The van der Waals surface area contributed by atoms with Gasteiger partial charge in [-0.05, 0) is 24.7 Å². The van der Waals surface area contributed by atoms with E-state index in [1.54, 1.807) is 11.3 Å². The molecule has 0 aliphatic rings. The molecule has 2 aromatic rings. The fraction of sp³-hybridized carbons (Fsp3) is 0.286. The molecule has 0 saturated heterocycles. The largest absolute Gasteiger partial charge is 0.371 e. The van der Waals surface area contributed by atoms with Gasteiger partial charge in [-0.3, -0.25) is 0 Å². The number of thiophene rings is 1. The molecular formula is C14H17NOS. The van der Waals surface area contributed by atoms with Crippen LogP contribution in [-0.2, 0) is 24.5 Å². The highest BCUT2D eigenvalue weighted by Crippen LogP contribution is 2.17. The predicted molar refractivity (Wildman–Crippen MR) is 72.0 cm³/mol. The van der Waals surface area contributed by atoms with Crippen LogP contribution in [0.15, 0.2) is 42.5 Å². The molecule has 0 unspecified atom stereocenters. The van der Waals surface area contributed by atoms with E-state index in [9.17, 15) is 0 Å². The first-order valence-electron chi connectivity index (χ1n) is 5.72. The molecule has 0 aliphatic heterocycles. The first kappa shape index (κ1) is 12.3. The maximum atomic E-state index is 5.69. The minimum atomic E-state index is 0.681. The van der Waals surface area contributed by atoms with E-state index in [-0.39, 0.29) is 0 Å². The van der Waals surface area contributed by atoms with Crippen molar-refractivity contribution in [3.05, 3.63) is 57.8 Å². The van der Waals surface area contributed by atoms with Crippen LogP contribution in [0.2, 0.25) is 0 Å². The first-order valence-corrected chi connectivity index (χ1v) is 6.54. The number of hydrogen-bond donors (Lipinski definition) is 1.